The summed E-state index contributed by atoms with van der Waals surface area (Å²) >= 11 is 3.12. The minimum Gasteiger partial charge on any atom is -0.395 e. The van der Waals surface area contributed by atoms with E-state index in [0.29, 0.717) is 0 Å². The number of aliphatic hydroxyl groups excluding tert-OH is 1. The fourth-order valence-electron chi connectivity index (χ4n) is 1.79. The molecule has 2 unspecified atom stereocenters. The summed E-state index contributed by atoms with van der Waals surface area (Å²) in [5, 5.41) is 12.2. The highest BCUT2D eigenvalue weighted by atomic mass is 32.2. The lowest BCUT2D eigenvalue weighted by Crippen LogP contribution is -2.40. The highest BCUT2D eigenvalue weighted by molar-refractivity contribution is 7.99. The van der Waals surface area contributed by atoms with E-state index in [4.69, 9.17) is 0 Å². The average molecular weight is 287 g/mol. The maximum absolute atomic E-state index is 12.1. The van der Waals surface area contributed by atoms with Gasteiger partial charge in [0.05, 0.1) is 11.5 Å². The van der Waals surface area contributed by atoms with Crippen molar-refractivity contribution < 1.29 is 9.90 Å². The Morgan fingerprint density at radius 1 is 1.61 bits per heavy atom. The van der Waals surface area contributed by atoms with Crippen molar-refractivity contribution in [2.24, 2.45) is 0 Å². The molecule has 2 atom stereocenters. The molecule has 102 valence electrons. The molecular formula is C13H21NO2S2. The summed E-state index contributed by atoms with van der Waals surface area (Å²) in [6, 6.07) is 1.91. The third-order valence-electron chi connectivity index (χ3n) is 2.96. The van der Waals surface area contributed by atoms with Gasteiger partial charge in [0.15, 0.2) is 0 Å². The van der Waals surface area contributed by atoms with Crippen molar-refractivity contribution in [1.82, 2.24) is 5.32 Å². The summed E-state index contributed by atoms with van der Waals surface area (Å²) in [6.45, 7) is 6.13. The Labute approximate surface area is 117 Å². The molecule has 18 heavy (non-hydrogen) atoms. The number of hydrogen-bond acceptors (Lipinski definition) is 4. The van der Waals surface area contributed by atoms with Crippen LogP contribution in [0.25, 0.3) is 0 Å². The Hall–Kier alpha value is -0.520. The third kappa shape index (κ3) is 3.73. The quantitative estimate of drug-likeness (QED) is 0.845. The van der Waals surface area contributed by atoms with E-state index in [1.807, 2.05) is 26.2 Å². The van der Waals surface area contributed by atoms with Crippen molar-refractivity contribution >= 4 is 29.0 Å². The molecule has 0 aliphatic carbocycles. The number of carbonyl (C=O) groups is 1. The molecule has 0 aliphatic heterocycles. The van der Waals surface area contributed by atoms with Crippen LogP contribution in [0, 0.1) is 6.92 Å². The van der Waals surface area contributed by atoms with Crippen molar-refractivity contribution in [2.45, 2.75) is 38.5 Å². The van der Waals surface area contributed by atoms with Gasteiger partial charge in [-0.15, -0.1) is 11.3 Å². The molecule has 1 aromatic heterocycles. The minimum absolute atomic E-state index is 0.0371. The Bertz CT molecular complexity index is 400. The van der Waals surface area contributed by atoms with Crippen LogP contribution in [0.2, 0.25) is 0 Å². The molecule has 1 heterocycles. The Kier molecular flexibility index (Phi) is 6.18. The number of aliphatic hydroxyl groups is 1. The smallest absolute Gasteiger partial charge is 0.261 e. The molecule has 0 spiro atoms. The Morgan fingerprint density at radius 3 is 2.72 bits per heavy atom. The van der Waals surface area contributed by atoms with Gasteiger partial charge in [0.25, 0.3) is 5.91 Å². The lowest BCUT2D eigenvalue weighted by molar-refractivity contribution is 0.0940. The highest BCUT2D eigenvalue weighted by Gasteiger charge is 2.19. The summed E-state index contributed by atoms with van der Waals surface area (Å²) in [5.41, 5.74) is 1.18. The van der Waals surface area contributed by atoms with Gasteiger partial charge in [0.1, 0.15) is 0 Å². The molecule has 3 nitrogen and oxygen atoms in total. The van der Waals surface area contributed by atoms with Gasteiger partial charge in [-0.05, 0) is 38.2 Å². The van der Waals surface area contributed by atoms with Crippen LogP contribution in [0.5, 0.6) is 0 Å². The number of aryl methyl sites for hydroxylation is 2. The summed E-state index contributed by atoms with van der Waals surface area (Å²) < 4.78 is 0. The van der Waals surface area contributed by atoms with E-state index in [1.165, 1.54) is 10.4 Å². The van der Waals surface area contributed by atoms with Crippen LogP contribution in [-0.4, -0.2) is 35.2 Å². The van der Waals surface area contributed by atoms with Crippen molar-refractivity contribution in [3.63, 3.8) is 0 Å². The predicted molar refractivity (Wildman–Crippen MR) is 79.8 cm³/mol. The molecule has 5 heteroatoms. The summed E-state index contributed by atoms with van der Waals surface area (Å²) in [5.74, 6) is -0.0391. The fourth-order valence-corrected chi connectivity index (χ4v) is 3.43. The second-order valence-corrected chi connectivity index (χ2v) is 6.50. The van der Waals surface area contributed by atoms with Crippen molar-refractivity contribution in [3.8, 4) is 0 Å². The standard InChI is InChI=1S/C13H21NO2S2/c1-5-10-8(2)6-11(18-10)13(16)14-9(3)12(7-15)17-4/h6,9,12,15H,5,7H2,1-4H3,(H,14,16). The first-order valence-electron chi connectivity index (χ1n) is 6.07. The number of carbonyl (C=O) groups excluding carboxylic acids is 1. The van der Waals surface area contributed by atoms with Crippen molar-refractivity contribution in [1.29, 1.82) is 0 Å². The van der Waals surface area contributed by atoms with E-state index >= 15 is 0 Å². The zero-order valence-electron chi connectivity index (χ0n) is 11.3. The van der Waals surface area contributed by atoms with E-state index in [2.05, 4.69) is 12.2 Å². The molecule has 2 N–H and O–H groups in total. The number of amides is 1. The van der Waals surface area contributed by atoms with Crippen LogP contribution < -0.4 is 5.32 Å². The van der Waals surface area contributed by atoms with E-state index < -0.39 is 0 Å². The molecule has 0 aromatic carbocycles. The summed E-state index contributed by atoms with van der Waals surface area (Å²) in [6.07, 6.45) is 2.90. The van der Waals surface area contributed by atoms with E-state index in [0.717, 1.165) is 11.3 Å². The maximum atomic E-state index is 12.1. The van der Waals surface area contributed by atoms with Gasteiger partial charge >= 0.3 is 0 Å². The van der Waals surface area contributed by atoms with Crippen LogP contribution >= 0.6 is 23.1 Å². The minimum atomic E-state index is -0.0391. The van der Waals surface area contributed by atoms with E-state index in [1.54, 1.807) is 23.1 Å². The number of thioether (sulfide) groups is 1. The monoisotopic (exact) mass is 287 g/mol. The normalized spacial score (nSPS) is 14.3. The SMILES string of the molecule is CCc1sc(C(=O)NC(C)C(CO)SC)cc1C. The second kappa shape index (κ2) is 7.16. The largest absolute Gasteiger partial charge is 0.395 e. The summed E-state index contributed by atoms with van der Waals surface area (Å²) in [4.78, 5) is 14.1. The molecule has 0 saturated heterocycles. The lowest BCUT2D eigenvalue weighted by Gasteiger charge is -2.20. The van der Waals surface area contributed by atoms with E-state index in [9.17, 15) is 9.90 Å². The number of nitrogens with one attached hydrogen (secondary N) is 1. The molecule has 1 amide bonds. The second-order valence-electron chi connectivity index (χ2n) is 4.29. The highest BCUT2D eigenvalue weighted by Crippen LogP contribution is 2.22. The average Bonchev–Trinajstić information content (AvgIpc) is 2.72. The van der Waals surface area contributed by atoms with Crippen molar-refractivity contribution in [3.05, 3.63) is 21.4 Å². The van der Waals surface area contributed by atoms with Gasteiger partial charge in [-0.2, -0.15) is 11.8 Å². The van der Waals surface area contributed by atoms with Crippen LogP contribution in [-0.2, 0) is 6.42 Å². The van der Waals surface area contributed by atoms with Crippen LogP contribution in [0.15, 0.2) is 6.07 Å². The first kappa shape index (κ1) is 15.5. The van der Waals surface area contributed by atoms with Crippen molar-refractivity contribution in [2.75, 3.05) is 12.9 Å². The zero-order valence-corrected chi connectivity index (χ0v) is 13.0. The van der Waals surface area contributed by atoms with Crippen LogP contribution in [0.3, 0.4) is 0 Å². The van der Waals surface area contributed by atoms with Gasteiger partial charge < -0.3 is 10.4 Å². The first-order valence-corrected chi connectivity index (χ1v) is 8.17. The Balaban J connectivity index is 2.69. The zero-order chi connectivity index (χ0) is 13.7. The number of rotatable bonds is 6. The van der Waals surface area contributed by atoms with Gasteiger partial charge in [-0.3, -0.25) is 4.79 Å². The van der Waals surface area contributed by atoms with Gasteiger partial charge in [0.2, 0.25) is 0 Å². The summed E-state index contributed by atoms with van der Waals surface area (Å²) in [7, 11) is 0. The van der Waals surface area contributed by atoms with Crippen LogP contribution in [0.1, 0.15) is 34.0 Å². The molecular weight excluding hydrogens is 266 g/mol. The topological polar surface area (TPSA) is 49.3 Å². The first-order chi connectivity index (χ1) is 8.53. The molecule has 0 saturated carbocycles. The lowest BCUT2D eigenvalue weighted by atomic mass is 10.2. The predicted octanol–water partition coefficient (Wildman–Crippen LogP) is 2.46. The molecule has 0 fully saturated rings. The van der Waals surface area contributed by atoms with Gasteiger partial charge in [-0.1, -0.05) is 6.92 Å². The molecule has 0 radical (unpaired) electrons. The Morgan fingerprint density at radius 2 is 2.28 bits per heavy atom. The van der Waals surface area contributed by atoms with Gasteiger partial charge in [-0.25, -0.2) is 0 Å². The molecule has 0 bridgehead atoms. The third-order valence-corrected chi connectivity index (χ3v) is 5.51. The van der Waals surface area contributed by atoms with E-state index in [-0.39, 0.29) is 23.8 Å². The van der Waals surface area contributed by atoms with Gasteiger partial charge in [0, 0.05) is 16.2 Å². The molecule has 1 rings (SSSR count). The number of thiophene rings is 1. The molecule has 1 aromatic rings. The number of hydrogen-bond donors (Lipinski definition) is 2. The fraction of sp³-hybridized carbons (Fsp3) is 0.615. The maximum Gasteiger partial charge on any atom is 0.261 e. The molecule has 0 aliphatic rings. The van der Waals surface area contributed by atoms with Crippen LogP contribution in [0.4, 0.5) is 0 Å².